The van der Waals surface area contributed by atoms with Crippen molar-refractivity contribution in [2.24, 2.45) is 0 Å². The molecule has 2 atom stereocenters. The molecule has 0 bridgehead atoms. The number of Topliss-reactive ketones (excluding diaryl/α,β-unsaturated/α-hetero) is 1. The molecule has 1 aliphatic carbocycles. The molecule has 172 valence electrons. The molecule has 0 unspecified atom stereocenters. The predicted octanol–water partition coefficient (Wildman–Crippen LogP) is 5.66. The number of para-hydroxylation sites is 1. The first kappa shape index (κ1) is 23.1. The minimum absolute atomic E-state index is 0.0114. The lowest BCUT2D eigenvalue weighted by Crippen LogP contribution is -2.36. The first-order valence-corrected chi connectivity index (χ1v) is 11.5. The van der Waals surface area contributed by atoms with Gasteiger partial charge in [-0.2, -0.15) is 0 Å². The SMILES string of the molecule is COc1ccccc1[C@@H]1CC(=O)C2=C(C1)NC(C)=C(C(=O)OC(C)C)[C@H]2c1ccc(Cl)cc1. The van der Waals surface area contributed by atoms with E-state index < -0.39 is 11.9 Å². The summed E-state index contributed by atoms with van der Waals surface area (Å²) in [5.41, 5.74) is 4.50. The van der Waals surface area contributed by atoms with Gasteiger partial charge in [-0.1, -0.05) is 41.9 Å². The summed E-state index contributed by atoms with van der Waals surface area (Å²) >= 11 is 6.12. The van der Waals surface area contributed by atoms with Gasteiger partial charge in [0.1, 0.15) is 5.75 Å². The molecule has 5 nitrogen and oxygen atoms in total. The second-order valence-electron chi connectivity index (χ2n) is 8.76. The van der Waals surface area contributed by atoms with Gasteiger partial charge in [-0.05, 0) is 56.5 Å². The van der Waals surface area contributed by atoms with Crippen molar-refractivity contribution in [3.8, 4) is 5.75 Å². The van der Waals surface area contributed by atoms with Crippen molar-refractivity contribution >= 4 is 23.4 Å². The third kappa shape index (κ3) is 4.55. The number of dihydropyridines is 1. The van der Waals surface area contributed by atoms with E-state index in [0.717, 1.165) is 22.6 Å². The maximum absolute atomic E-state index is 13.6. The Morgan fingerprint density at radius 1 is 1.09 bits per heavy atom. The van der Waals surface area contributed by atoms with Crippen LogP contribution in [0.5, 0.6) is 5.75 Å². The summed E-state index contributed by atoms with van der Waals surface area (Å²) in [5.74, 6) is -0.139. The Hall–Kier alpha value is -3.05. The third-order valence-electron chi connectivity index (χ3n) is 6.17. The van der Waals surface area contributed by atoms with Gasteiger partial charge in [-0.3, -0.25) is 4.79 Å². The van der Waals surface area contributed by atoms with Crippen molar-refractivity contribution in [3.05, 3.63) is 87.2 Å². The summed E-state index contributed by atoms with van der Waals surface area (Å²) in [4.78, 5) is 26.7. The molecule has 0 spiro atoms. The molecule has 1 heterocycles. The van der Waals surface area contributed by atoms with Gasteiger partial charge >= 0.3 is 5.97 Å². The van der Waals surface area contributed by atoms with E-state index in [9.17, 15) is 9.59 Å². The highest BCUT2D eigenvalue weighted by Crippen LogP contribution is 2.47. The van der Waals surface area contributed by atoms with Crippen molar-refractivity contribution < 1.29 is 19.1 Å². The number of ether oxygens (including phenoxy) is 2. The van der Waals surface area contributed by atoms with Crippen LogP contribution in [0.15, 0.2) is 71.1 Å². The van der Waals surface area contributed by atoms with Gasteiger partial charge in [0.05, 0.1) is 18.8 Å². The second-order valence-corrected chi connectivity index (χ2v) is 9.20. The molecule has 2 aromatic rings. The summed E-state index contributed by atoms with van der Waals surface area (Å²) < 4.78 is 11.1. The summed E-state index contributed by atoms with van der Waals surface area (Å²) in [7, 11) is 1.64. The van der Waals surface area contributed by atoms with Gasteiger partial charge in [0.25, 0.3) is 0 Å². The number of nitrogens with one attached hydrogen (secondary N) is 1. The number of allylic oxidation sites excluding steroid dienone is 3. The molecule has 6 heteroatoms. The van der Waals surface area contributed by atoms with Crippen LogP contribution in [0.3, 0.4) is 0 Å². The lowest BCUT2D eigenvalue weighted by Gasteiger charge is -2.37. The van der Waals surface area contributed by atoms with E-state index in [1.807, 2.05) is 57.2 Å². The number of carbonyl (C=O) groups excluding carboxylic acids is 2. The zero-order chi connectivity index (χ0) is 23.7. The Kier molecular flexibility index (Phi) is 6.61. The summed E-state index contributed by atoms with van der Waals surface area (Å²) in [6.07, 6.45) is 0.724. The van der Waals surface area contributed by atoms with Crippen LogP contribution >= 0.6 is 11.6 Å². The summed E-state index contributed by atoms with van der Waals surface area (Å²) in [6.45, 7) is 5.49. The van der Waals surface area contributed by atoms with Crippen LogP contribution in [0.4, 0.5) is 0 Å². The van der Waals surface area contributed by atoms with Crippen LogP contribution in [0, 0.1) is 0 Å². The van der Waals surface area contributed by atoms with E-state index in [-0.39, 0.29) is 17.8 Å². The number of rotatable bonds is 5. The molecule has 0 amide bonds. The van der Waals surface area contributed by atoms with Gasteiger partial charge in [-0.15, -0.1) is 0 Å². The maximum Gasteiger partial charge on any atom is 0.337 e. The molecule has 33 heavy (non-hydrogen) atoms. The Labute approximate surface area is 199 Å². The molecule has 0 saturated heterocycles. The molecule has 2 aliphatic rings. The van der Waals surface area contributed by atoms with E-state index in [0.29, 0.717) is 34.7 Å². The first-order valence-electron chi connectivity index (χ1n) is 11.1. The number of esters is 1. The maximum atomic E-state index is 13.6. The monoisotopic (exact) mass is 465 g/mol. The Morgan fingerprint density at radius 2 is 1.79 bits per heavy atom. The van der Waals surface area contributed by atoms with Crippen molar-refractivity contribution in [2.45, 2.75) is 51.6 Å². The number of hydrogen-bond acceptors (Lipinski definition) is 5. The van der Waals surface area contributed by atoms with Gasteiger partial charge in [-0.25, -0.2) is 4.79 Å². The highest BCUT2D eigenvalue weighted by atomic mass is 35.5. The Bertz CT molecular complexity index is 1150. The standard InChI is InChI=1S/C27H28ClNO4/c1-15(2)33-27(31)24-16(3)29-21-13-18(20-7-5-6-8-23(20)32-4)14-22(30)26(21)25(24)17-9-11-19(28)12-10-17/h5-12,15,18,25,29H,13-14H2,1-4H3/t18-,25+/m0/s1. The first-order chi connectivity index (χ1) is 15.8. The lowest BCUT2D eigenvalue weighted by molar-refractivity contribution is -0.143. The van der Waals surface area contributed by atoms with Crippen molar-refractivity contribution in [2.75, 3.05) is 7.11 Å². The van der Waals surface area contributed by atoms with Gasteiger partial charge in [0, 0.05) is 40.2 Å². The number of benzene rings is 2. The second kappa shape index (κ2) is 9.44. The lowest BCUT2D eigenvalue weighted by atomic mass is 9.71. The average molecular weight is 466 g/mol. The smallest absolute Gasteiger partial charge is 0.337 e. The fourth-order valence-corrected chi connectivity index (χ4v) is 4.93. The fraction of sp³-hybridized carbons (Fsp3) is 0.333. The zero-order valence-electron chi connectivity index (χ0n) is 19.3. The van der Waals surface area contributed by atoms with E-state index in [1.54, 1.807) is 19.2 Å². The highest BCUT2D eigenvalue weighted by molar-refractivity contribution is 6.30. The molecule has 0 radical (unpaired) electrons. The number of halogens is 1. The molecule has 1 aliphatic heterocycles. The Morgan fingerprint density at radius 3 is 2.45 bits per heavy atom. The quantitative estimate of drug-likeness (QED) is 0.577. The van der Waals surface area contributed by atoms with Crippen LogP contribution in [0.25, 0.3) is 0 Å². The topological polar surface area (TPSA) is 64.6 Å². The van der Waals surface area contributed by atoms with Gasteiger partial charge in [0.2, 0.25) is 0 Å². The van der Waals surface area contributed by atoms with Crippen LogP contribution < -0.4 is 10.1 Å². The zero-order valence-corrected chi connectivity index (χ0v) is 20.0. The van der Waals surface area contributed by atoms with E-state index >= 15 is 0 Å². The van der Waals surface area contributed by atoms with E-state index in [2.05, 4.69) is 5.32 Å². The fourth-order valence-electron chi connectivity index (χ4n) is 4.80. The molecule has 1 N–H and O–H groups in total. The van der Waals surface area contributed by atoms with Gasteiger partial charge < -0.3 is 14.8 Å². The van der Waals surface area contributed by atoms with Gasteiger partial charge in [0.15, 0.2) is 5.78 Å². The molecule has 2 aromatic carbocycles. The Balaban J connectivity index is 1.80. The van der Waals surface area contributed by atoms with Crippen LogP contribution in [-0.4, -0.2) is 25.0 Å². The van der Waals surface area contributed by atoms with Crippen LogP contribution in [0.1, 0.15) is 56.6 Å². The third-order valence-corrected chi connectivity index (χ3v) is 6.42. The molecule has 0 saturated carbocycles. The number of ketones is 1. The van der Waals surface area contributed by atoms with Crippen molar-refractivity contribution in [1.29, 1.82) is 0 Å². The van der Waals surface area contributed by atoms with Crippen LogP contribution in [0.2, 0.25) is 5.02 Å². The van der Waals surface area contributed by atoms with E-state index in [1.165, 1.54) is 0 Å². The largest absolute Gasteiger partial charge is 0.496 e. The molecular weight excluding hydrogens is 438 g/mol. The molecular formula is C27H28ClNO4. The van der Waals surface area contributed by atoms with Crippen molar-refractivity contribution in [3.63, 3.8) is 0 Å². The van der Waals surface area contributed by atoms with Crippen LogP contribution in [-0.2, 0) is 14.3 Å². The summed E-state index contributed by atoms with van der Waals surface area (Å²) in [5, 5.41) is 3.97. The average Bonchev–Trinajstić information content (AvgIpc) is 2.78. The number of methoxy groups -OCH3 is 1. The summed E-state index contributed by atoms with van der Waals surface area (Å²) in [6, 6.07) is 15.1. The normalized spacial score (nSPS) is 20.5. The predicted molar refractivity (Wildman–Crippen MR) is 128 cm³/mol. The number of hydrogen-bond donors (Lipinski definition) is 1. The molecule has 0 aromatic heterocycles. The highest BCUT2D eigenvalue weighted by Gasteiger charge is 2.41. The molecule has 0 fully saturated rings. The molecule has 4 rings (SSSR count). The minimum atomic E-state index is -0.504. The van der Waals surface area contributed by atoms with Crippen molar-refractivity contribution in [1.82, 2.24) is 5.32 Å². The van der Waals surface area contributed by atoms with E-state index in [4.69, 9.17) is 21.1 Å². The number of carbonyl (C=O) groups is 2. The minimum Gasteiger partial charge on any atom is -0.496 e.